The third kappa shape index (κ3) is 2.64. The Bertz CT molecular complexity index is 477. The van der Waals surface area contributed by atoms with Crippen LogP contribution >= 0.6 is 12.2 Å². The Hall–Kier alpha value is -1.74. The Labute approximate surface area is 100 Å². The second kappa shape index (κ2) is 4.86. The van der Waals surface area contributed by atoms with Crippen molar-refractivity contribution < 1.29 is 0 Å². The number of aryl methyl sites for hydroxylation is 1. The molecule has 0 bridgehead atoms. The molecule has 0 amide bonds. The van der Waals surface area contributed by atoms with E-state index in [4.69, 9.17) is 12.2 Å². The summed E-state index contributed by atoms with van der Waals surface area (Å²) in [5.74, 6) is 0.771. The van der Waals surface area contributed by atoms with Gasteiger partial charge in [0.25, 0.3) is 0 Å². The lowest BCUT2D eigenvalue weighted by atomic mass is 10.1. The molecule has 1 aromatic heterocycles. The van der Waals surface area contributed by atoms with Crippen molar-refractivity contribution in [2.24, 2.45) is 0 Å². The van der Waals surface area contributed by atoms with Crippen molar-refractivity contribution in [2.75, 3.05) is 5.32 Å². The summed E-state index contributed by atoms with van der Waals surface area (Å²) in [6.45, 7) is 2.05. The van der Waals surface area contributed by atoms with Crippen molar-refractivity contribution in [3.63, 3.8) is 0 Å². The van der Waals surface area contributed by atoms with Gasteiger partial charge in [0.1, 0.15) is 10.8 Å². The lowest BCUT2D eigenvalue weighted by molar-refractivity contribution is 1.32. The smallest absolute Gasteiger partial charge is 0.130 e. The van der Waals surface area contributed by atoms with Crippen molar-refractivity contribution in [2.45, 2.75) is 6.92 Å². The van der Waals surface area contributed by atoms with Crippen LogP contribution in [0.2, 0.25) is 0 Å². The predicted octanol–water partition coefficient (Wildman–Crippen LogP) is 3.18. The van der Waals surface area contributed by atoms with E-state index >= 15 is 0 Å². The number of anilines is 1. The van der Waals surface area contributed by atoms with Crippen LogP contribution in [0.15, 0.2) is 48.7 Å². The van der Waals surface area contributed by atoms with Crippen LogP contribution in [0, 0.1) is 6.92 Å². The van der Waals surface area contributed by atoms with E-state index < -0.39 is 0 Å². The summed E-state index contributed by atoms with van der Waals surface area (Å²) in [6, 6.07) is 13.8. The minimum absolute atomic E-state index is 0.693. The van der Waals surface area contributed by atoms with Gasteiger partial charge in [-0.2, -0.15) is 0 Å². The van der Waals surface area contributed by atoms with Gasteiger partial charge >= 0.3 is 0 Å². The van der Waals surface area contributed by atoms with Crippen LogP contribution in [0.1, 0.15) is 11.1 Å². The van der Waals surface area contributed by atoms with E-state index in [1.165, 1.54) is 5.56 Å². The maximum absolute atomic E-state index is 5.29. The largest absolute Gasteiger partial charge is 0.331 e. The molecule has 2 aromatic rings. The van der Waals surface area contributed by atoms with Crippen LogP contribution in [0.4, 0.5) is 5.82 Å². The molecular formula is C13H12N2S. The number of nitrogens with one attached hydrogen (secondary N) is 1. The minimum Gasteiger partial charge on any atom is -0.331 e. The minimum atomic E-state index is 0.693. The Morgan fingerprint density at radius 2 is 1.88 bits per heavy atom. The highest BCUT2D eigenvalue weighted by Gasteiger charge is 2.01. The van der Waals surface area contributed by atoms with Gasteiger partial charge in [-0.15, -0.1) is 0 Å². The van der Waals surface area contributed by atoms with E-state index in [0.29, 0.717) is 4.99 Å². The highest BCUT2D eigenvalue weighted by Crippen LogP contribution is 2.08. The third-order valence-corrected chi connectivity index (χ3v) is 2.56. The molecule has 80 valence electrons. The van der Waals surface area contributed by atoms with Gasteiger partial charge in [0.05, 0.1) is 0 Å². The van der Waals surface area contributed by atoms with Crippen molar-refractivity contribution >= 4 is 23.0 Å². The molecule has 0 radical (unpaired) electrons. The number of nitrogens with zero attached hydrogens (tertiary/aromatic N) is 1. The molecule has 0 aliphatic carbocycles. The number of aromatic nitrogens is 1. The molecule has 2 rings (SSSR count). The number of hydrogen-bond acceptors (Lipinski definition) is 2. The molecule has 2 nitrogen and oxygen atoms in total. The first-order chi connectivity index (χ1) is 7.75. The molecule has 0 aliphatic rings. The van der Waals surface area contributed by atoms with Crippen LogP contribution in [-0.2, 0) is 0 Å². The number of benzene rings is 1. The van der Waals surface area contributed by atoms with Gasteiger partial charge in [-0.1, -0.05) is 48.1 Å². The lowest BCUT2D eigenvalue weighted by Gasteiger charge is -2.06. The maximum atomic E-state index is 5.29. The van der Waals surface area contributed by atoms with Gasteiger partial charge in [-0.05, 0) is 19.1 Å². The predicted molar refractivity (Wildman–Crippen MR) is 70.7 cm³/mol. The molecule has 0 atom stereocenters. The van der Waals surface area contributed by atoms with Crippen molar-refractivity contribution in [3.8, 4) is 0 Å². The first kappa shape index (κ1) is 10.8. The third-order valence-electron chi connectivity index (χ3n) is 2.22. The van der Waals surface area contributed by atoms with Crippen molar-refractivity contribution in [1.82, 2.24) is 4.98 Å². The van der Waals surface area contributed by atoms with Crippen LogP contribution in [0.25, 0.3) is 0 Å². The second-order valence-corrected chi connectivity index (χ2v) is 3.94. The van der Waals surface area contributed by atoms with E-state index in [2.05, 4.69) is 17.2 Å². The average Bonchev–Trinajstić information content (AvgIpc) is 2.31. The van der Waals surface area contributed by atoms with Gasteiger partial charge in [-0.25, -0.2) is 4.98 Å². The number of pyridine rings is 1. The van der Waals surface area contributed by atoms with Gasteiger partial charge in [0.15, 0.2) is 0 Å². The van der Waals surface area contributed by atoms with Crippen LogP contribution < -0.4 is 5.32 Å². The van der Waals surface area contributed by atoms with E-state index in [0.717, 1.165) is 11.4 Å². The molecule has 0 aliphatic heterocycles. The zero-order chi connectivity index (χ0) is 11.4. The van der Waals surface area contributed by atoms with Gasteiger partial charge in [0.2, 0.25) is 0 Å². The Kier molecular flexibility index (Phi) is 3.27. The molecular weight excluding hydrogens is 216 g/mol. The van der Waals surface area contributed by atoms with Crippen LogP contribution in [-0.4, -0.2) is 9.97 Å². The molecule has 1 N–H and O–H groups in total. The van der Waals surface area contributed by atoms with E-state index in [1.54, 1.807) is 6.20 Å². The monoisotopic (exact) mass is 228 g/mol. The summed E-state index contributed by atoms with van der Waals surface area (Å²) in [7, 11) is 0. The summed E-state index contributed by atoms with van der Waals surface area (Å²) < 4.78 is 0. The summed E-state index contributed by atoms with van der Waals surface area (Å²) >= 11 is 5.29. The van der Waals surface area contributed by atoms with Crippen LogP contribution in [0.3, 0.4) is 0 Å². The van der Waals surface area contributed by atoms with Crippen molar-refractivity contribution in [3.05, 3.63) is 59.8 Å². The normalized spacial score (nSPS) is 9.81. The standard InChI is InChI=1S/C13H12N2S/c1-10-5-7-11(8-6-10)13(16)15-12-4-2-3-9-14-12/h2-9H,1H3,(H,14,15,16). The fraction of sp³-hybridized carbons (Fsp3) is 0.0769. The number of rotatable bonds is 2. The van der Waals surface area contributed by atoms with Gasteiger partial charge < -0.3 is 5.32 Å². The Morgan fingerprint density at radius 3 is 2.50 bits per heavy atom. The Balaban J connectivity index is 2.12. The van der Waals surface area contributed by atoms with E-state index in [9.17, 15) is 0 Å². The Morgan fingerprint density at radius 1 is 1.12 bits per heavy atom. The summed E-state index contributed by atoms with van der Waals surface area (Å²) in [6.07, 6.45) is 1.74. The topological polar surface area (TPSA) is 24.9 Å². The highest BCUT2D eigenvalue weighted by molar-refractivity contribution is 7.81. The van der Waals surface area contributed by atoms with Crippen LogP contribution in [0.5, 0.6) is 0 Å². The van der Waals surface area contributed by atoms with Crippen molar-refractivity contribution in [1.29, 1.82) is 0 Å². The molecule has 3 heteroatoms. The first-order valence-electron chi connectivity index (χ1n) is 5.05. The SMILES string of the molecule is Cc1ccc(C(=S)Nc2ccccn2)cc1. The molecule has 0 saturated heterocycles. The zero-order valence-corrected chi connectivity index (χ0v) is 9.79. The fourth-order valence-corrected chi connectivity index (χ4v) is 1.57. The van der Waals surface area contributed by atoms with E-state index in [1.807, 2.05) is 42.5 Å². The summed E-state index contributed by atoms with van der Waals surface area (Å²) in [5.41, 5.74) is 2.23. The average molecular weight is 228 g/mol. The first-order valence-corrected chi connectivity index (χ1v) is 5.45. The lowest BCUT2D eigenvalue weighted by Crippen LogP contribution is -2.11. The number of thiocarbonyl (C=S) groups is 1. The molecule has 16 heavy (non-hydrogen) atoms. The quantitative estimate of drug-likeness (QED) is 0.799. The molecule has 0 fully saturated rings. The summed E-state index contributed by atoms with van der Waals surface area (Å²) in [4.78, 5) is 4.86. The maximum Gasteiger partial charge on any atom is 0.130 e. The summed E-state index contributed by atoms with van der Waals surface area (Å²) in [5, 5.41) is 3.10. The second-order valence-electron chi connectivity index (χ2n) is 3.54. The van der Waals surface area contributed by atoms with E-state index in [-0.39, 0.29) is 0 Å². The molecule has 0 saturated carbocycles. The molecule has 0 spiro atoms. The zero-order valence-electron chi connectivity index (χ0n) is 8.97. The number of hydrogen-bond donors (Lipinski definition) is 1. The fourth-order valence-electron chi connectivity index (χ4n) is 1.33. The molecule has 0 unspecified atom stereocenters. The highest BCUT2D eigenvalue weighted by atomic mass is 32.1. The molecule has 1 heterocycles. The van der Waals surface area contributed by atoms with Gasteiger partial charge in [0, 0.05) is 11.8 Å². The van der Waals surface area contributed by atoms with Gasteiger partial charge in [-0.3, -0.25) is 0 Å². The molecule has 1 aromatic carbocycles.